The number of rotatable bonds is 4. The summed E-state index contributed by atoms with van der Waals surface area (Å²) in [6.07, 6.45) is 3.37. The first-order chi connectivity index (χ1) is 11.0. The second kappa shape index (κ2) is 5.91. The Labute approximate surface area is 132 Å². The van der Waals surface area contributed by atoms with E-state index in [1.54, 1.807) is 30.1 Å². The Balaban J connectivity index is 1.82. The molecule has 1 aromatic carbocycles. The van der Waals surface area contributed by atoms with Crippen LogP contribution in [0, 0.1) is 0 Å². The zero-order valence-corrected chi connectivity index (χ0v) is 12.5. The Bertz CT molecular complexity index is 767. The largest absolute Gasteiger partial charge is 0.368 e. The van der Waals surface area contributed by atoms with Gasteiger partial charge < -0.3 is 11.1 Å². The molecule has 2 heterocycles. The number of nitrogens with one attached hydrogen (secondary N) is 1. The number of anilines is 2. The molecular weight excluding hydrogens is 296 g/mol. The van der Waals surface area contributed by atoms with Crippen LogP contribution >= 0.6 is 0 Å². The lowest BCUT2D eigenvalue weighted by Gasteiger charge is -2.20. The fourth-order valence-electron chi connectivity index (χ4n) is 2.38. The number of amides is 2. The highest BCUT2D eigenvalue weighted by atomic mass is 16.2. The molecule has 0 saturated carbocycles. The van der Waals surface area contributed by atoms with E-state index in [4.69, 9.17) is 5.73 Å². The molecule has 23 heavy (non-hydrogen) atoms. The summed E-state index contributed by atoms with van der Waals surface area (Å²) in [6, 6.07) is 8.46. The molecule has 2 amide bonds. The van der Waals surface area contributed by atoms with Crippen molar-refractivity contribution in [2.75, 3.05) is 10.3 Å². The average Bonchev–Trinajstić information content (AvgIpc) is 3.15. The quantitative estimate of drug-likeness (QED) is 0.856. The lowest BCUT2D eigenvalue weighted by molar-refractivity contribution is -0.119. The molecule has 118 valence electrons. The second-order valence-corrected chi connectivity index (χ2v) is 5.21. The van der Waals surface area contributed by atoms with Crippen LogP contribution in [0.15, 0.2) is 47.8 Å². The van der Waals surface area contributed by atoms with Crippen LogP contribution in [0.1, 0.15) is 6.42 Å². The molecule has 0 radical (unpaired) electrons. The van der Waals surface area contributed by atoms with Gasteiger partial charge in [0.15, 0.2) is 0 Å². The van der Waals surface area contributed by atoms with E-state index in [2.05, 4.69) is 15.5 Å². The third-order valence-electron chi connectivity index (χ3n) is 3.48. The number of hydrogen-bond donors (Lipinski definition) is 2. The molecule has 0 saturated heterocycles. The molecular formula is C15H16N6O2. The molecule has 1 aliphatic rings. The van der Waals surface area contributed by atoms with E-state index >= 15 is 0 Å². The normalized spacial score (nSPS) is 17.0. The Morgan fingerprint density at radius 3 is 2.65 bits per heavy atom. The molecule has 1 aliphatic heterocycles. The summed E-state index contributed by atoms with van der Waals surface area (Å²) in [5.41, 5.74) is 6.97. The number of hydrogen-bond acceptors (Lipinski definition) is 5. The third kappa shape index (κ3) is 3.05. The number of para-hydroxylation sites is 1. The smallest absolute Gasteiger partial charge is 0.272 e. The highest BCUT2D eigenvalue weighted by molar-refractivity contribution is 6.44. The summed E-state index contributed by atoms with van der Waals surface area (Å²) in [5.74, 6) is -0.899. The number of hydrazone groups is 1. The Morgan fingerprint density at radius 2 is 2.04 bits per heavy atom. The summed E-state index contributed by atoms with van der Waals surface area (Å²) in [7, 11) is 1.75. The van der Waals surface area contributed by atoms with Gasteiger partial charge in [0.05, 0.1) is 17.6 Å². The zero-order valence-electron chi connectivity index (χ0n) is 12.5. The maximum Gasteiger partial charge on any atom is 0.272 e. The molecule has 0 spiro atoms. The highest BCUT2D eigenvalue weighted by Crippen LogP contribution is 2.24. The maximum absolute atomic E-state index is 12.3. The minimum absolute atomic E-state index is 0.163. The van der Waals surface area contributed by atoms with E-state index in [1.165, 1.54) is 11.2 Å². The Hall–Kier alpha value is -3.16. The van der Waals surface area contributed by atoms with E-state index in [0.717, 1.165) is 0 Å². The number of carbonyl (C=O) groups is 2. The van der Waals surface area contributed by atoms with Gasteiger partial charge in [-0.05, 0) is 12.1 Å². The SMILES string of the molecule is Cn1cc(NC(=O)C2=NN(c3ccccc3)[C@@H](C(N)=O)C2)cn1. The van der Waals surface area contributed by atoms with Gasteiger partial charge in [0.1, 0.15) is 11.8 Å². The summed E-state index contributed by atoms with van der Waals surface area (Å²) in [4.78, 5) is 24.0. The van der Waals surface area contributed by atoms with Crippen LogP contribution in [-0.4, -0.2) is 33.3 Å². The van der Waals surface area contributed by atoms with Crippen LogP contribution in [0.3, 0.4) is 0 Å². The average molecular weight is 312 g/mol. The minimum Gasteiger partial charge on any atom is -0.368 e. The van der Waals surface area contributed by atoms with Crippen LogP contribution in [0.5, 0.6) is 0 Å². The third-order valence-corrected chi connectivity index (χ3v) is 3.48. The molecule has 3 rings (SSSR count). The monoisotopic (exact) mass is 312 g/mol. The molecule has 0 fully saturated rings. The van der Waals surface area contributed by atoms with Crippen LogP contribution < -0.4 is 16.1 Å². The van der Waals surface area contributed by atoms with Crippen molar-refractivity contribution in [1.29, 1.82) is 0 Å². The first kappa shape index (κ1) is 14.8. The summed E-state index contributed by atoms with van der Waals surface area (Å²) >= 11 is 0. The fraction of sp³-hybridized carbons (Fsp3) is 0.200. The second-order valence-electron chi connectivity index (χ2n) is 5.21. The van der Waals surface area contributed by atoms with Gasteiger partial charge in [0.25, 0.3) is 5.91 Å². The molecule has 1 aromatic heterocycles. The van der Waals surface area contributed by atoms with Gasteiger partial charge in [-0.3, -0.25) is 19.3 Å². The summed E-state index contributed by atoms with van der Waals surface area (Å²) in [5, 5.41) is 12.4. The minimum atomic E-state index is -0.674. The van der Waals surface area contributed by atoms with Gasteiger partial charge in [0, 0.05) is 19.7 Å². The topological polar surface area (TPSA) is 106 Å². The van der Waals surface area contributed by atoms with Crippen LogP contribution in [-0.2, 0) is 16.6 Å². The van der Waals surface area contributed by atoms with Gasteiger partial charge in [-0.2, -0.15) is 10.2 Å². The van der Waals surface area contributed by atoms with Crippen molar-refractivity contribution in [3.05, 3.63) is 42.7 Å². The first-order valence-electron chi connectivity index (χ1n) is 7.05. The lowest BCUT2D eigenvalue weighted by Crippen LogP contribution is -2.39. The van der Waals surface area contributed by atoms with Crippen molar-refractivity contribution in [1.82, 2.24) is 9.78 Å². The lowest BCUT2D eigenvalue weighted by atomic mass is 10.1. The maximum atomic E-state index is 12.3. The number of benzene rings is 1. The number of aryl methyl sites for hydroxylation is 1. The summed E-state index contributed by atoms with van der Waals surface area (Å²) < 4.78 is 1.58. The molecule has 2 aromatic rings. The van der Waals surface area contributed by atoms with E-state index in [0.29, 0.717) is 11.4 Å². The van der Waals surface area contributed by atoms with E-state index in [1.807, 2.05) is 18.2 Å². The number of aromatic nitrogens is 2. The number of carbonyl (C=O) groups excluding carboxylic acids is 2. The van der Waals surface area contributed by atoms with Gasteiger partial charge in [-0.25, -0.2) is 0 Å². The van der Waals surface area contributed by atoms with Crippen molar-refractivity contribution in [2.45, 2.75) is 12.5 Å². The summed E-state index contributed by atoms with van der Waals surface area (Å²) in [6.45, 7) is 0. The number of nitrogens with two attached hydrogens (primary N) is 1. The molecule has 3 N–H and O–H groups in total. The van der Waals surface area contributed by atoms with Crippen molar-refractivity contribution in [3.63, 3.8) is 0 Å². The van der Waals surface area contributed by atoms with E-state index in [9.17, 15) is 9.59 Å². The number of primary amides is 1. The Morgan fingerprint density at radius 1 is 1.30 bits per heavy atom. The van der Waals surface area contributed by atoms with Crippen molar-refractivity contribution < 1.29 is 9.59 Å². The molecule has 1 atom stereocenters. The van der Waals surface area contributed by atoms with Crippen LogP contribution in [0.4, 0.5) is 11.4 Å². The predicted molar refractivity (Wildman–Crippen MR) is 85.8 cm³/mol. The molecule has 8 heteroatoms. The predicted octanol–water partition coefficient (Wildman–Crippen LogP) is 0.479. The highest BCUT2D eigenvalue weighted by Gasteiger charge is 2.34. The van der Waals surface area contributed by atoms with Crippen molar-refractivity contribution >= 4 is 28.9 Å². The Kier molecular flexibility index (Phi) is 3.80. The molecule has 8 nitrogen and oxygen atoms in total. The standard InChI is InChI=1S/C15H16N6O2/c1-20-9-10(8-17-20)18-15(23)12-7-13(14(16)22)21(19-12)11-5-3-2-4-6-11/h2-6,8-9,13H,7H2,1H3,(H2,16,22)(H,18,23)/t13-/m1/s1. The van der Waals surface area contributed by atoms with Gasteiger partial charge >= 0.3 is 0 Å². The zero-order chi connectivity index (χ0) is 16.4. The first-order valence-corrected chi connectivity index (χ1v) is 7.05. The van der Waals surface area contributed by atoms with E-state index in [-0.39, 0.29) is 18.0 Å². The van der Waals surface area contributed by atoms with E-state index < -0.39 is 11.9 Å². The molecule has 0 aliphatic carbocycles. The molecule has 0 bridgehead atoms. The van der Waals surface area contributed by atoms with Gasteiger partial charge in [-0.1, -0.05) is 18.2 Å². The van der Waals surface area contributed by atoms with Gasteiger partial charge in [0.2, 0.25) is 5.91 Å². The number of nitrogens with zero attached hydrogens (tertiary/aromatic N) is 4. The van der Waals surface area contributed by atoms with Crippen molar-refractivity contribution in [3.8, 4) is 0 Å². The fourth-order valence-corrected chi connectivity index (χ4v) is 2.38. The van der Waals surface area contributed by atoms with Crippen LogP contribution in [0.2, 0.25) is 0 Å². The molecule has 0 unspecified atom stereocenters. The van der Waals surface area contributed by atoms with Gasteiger partial charge in [-0.15, -0.1) is 0 Å². The van der Waals surface area contributed by atoms with Crippen molar-refractivity contribution in [2.24, 2.45) is 17.9 Å². The van der Waals surface area contributed by atoms with Crippen LogP contribution in [0.25, 0.3) is 0 Å².